The Morgan fingerprint density at radius 3 is 2.82 bits per heavy atom. The molecular weight excluding hydrogens is 374 g/mol. The summed E-state index contributed by atoms with van der Waals surface area (Å²) in [6, 6.07) is 3.72. The van der Waals surface area contributed by atoms with Gasteiger partial charge in [-0.3, -0.25) is 9.59 Å². The molecule has 2 aromatic rings. The SMILES string of the molecule is Cc1ccc([C@@H]2C3=C(CCCC3=O)Nc3nc(SCCC(C)C)[nH]c(=O)c32)o1. The number of allylic oxidation sites excluding steroid dienone is 2. The van der Waals surface area contributed by atoms with E-state index in [2.05, 4.69) is 29.1 Å². The molecule has 4 rings (SSSR count). The van der Waals surface area contributed by atoms with Gasteiger partial charge in [0.05, 0.1) is 11.5 Å². The number of nitrogens with one attached hydrogen (secondary N) is 2. The molecule has 2 N–H and O–H groups in total. The highest BCUT2D eigenvalue weighted by Crippen LogP contribution is 2.43. The van der Waals surface area contributed by atoms with E-state index in [1.807, 2.05) is 19.1 Å². The number of thioether (sulfide) groups is 1. The van der Waals surface area contributed by atoms with Crippen LogP contribution in [0.1, 0.15) is 62.5 Å². The monoisotopic (exact) mass is 399 g/mol. The van der Waals surface area contributed by atoms with Crippen LogP contribution in [0.4, 0.5) is 5.82 Å². The number of furan rings is 1. The summed E-state index contributed by atoms with van der Waals surface area (Å²) in [5, 5.41) is 3.90. The Labute approximate surface area is 168 Å². The van der Waals surface area contributed by atoms with Crippen LogP contribution in [-0.4, -0.2) is 21.5 Å². The van der Waals surface area contributed by atoms with E-state index in [4.69, 9.17) is 4.42 Å². The molecule has 7 heteroatoms. The van der Waals surface area contributed by atoms with Crippen LogP contribution in [-0.2, 0) is 4.79 Å². The normalized spacial score (nSPS) is 18.9. The molecule has 0 saturated heterocycles. The number of aromatic amines is 1. The van der Waals surface area contributed by atoms with Gasteiger partial charge in [-0.25, -0.2) is 4.98 Å². The number of hydrogen-bond donors (Lipinski definition) is 2. The second-order valence-electron chi connectivity index (χ2n) is 7.84. The molecule has 1 aliphatic carbocycles. The number of aromatic nitrogens is 2. The maximum Gasteiger partial charge on any atom is 0.257 e. The van der Waals surface area contributed by atoms with E-state index in [-0.39, 0.29) is 11.3 Å². The van der Waals surface area contributed by atoms with Crippen LogP contribution in [0, 0.1) is 12.8 Å². The lowest BCUT2D eigenvalue weighted by Crippen LogP contribution is -2.32. The summed E-state index contributed by atoms with van der Waals surface area (Å²) in [4.78, 5) is 33.4. The fourth-order valence-electron chi connectivity index (χ4n) is 3.79. The summed E-state index contributed by atoms with van der Waals surface area (Å²) in [6.07, 6.45) is 3.14. The number of nitrogens with zero attached hydrogens (tertiary/aromatic N) is 1. The maximum absolute atomic E-state index is 13.0. The molecule has 28 heavy (non-hydrogen) atoms. The molecule has 148 valence electrons. The minimum absolute atomic E-state index is 0.0771. The van der Waals surface area contributed by atoms with Gasteiger partial charge < -0.3 is 14.7 Å². The number of hydrogen-bond acceptors (Lipinski definition) is 6. The van der Waals surface area contributed by atoms with Gasteiger partial charge in [0.25, 0.3) is 5.56 Å². The summed E-state index contributed by atoms with van der Waals surface area (Å²) in [6.45, 7) is 6.21. The fourth-order valence-corrected chi connectivity index (χ4v) is 4.90. The molecule has 0 amide bonds. The number of Topliss-reactive ketones (excluding diaryl/α,β-unsaturated/α-hetero) is 1. The van der Waals surface area contributed by atoms with Crippen molar-refractivity contribution in [2.24, 2.45) is 5.92 Å². The van der Waals surface area contributed by atoms with Crippen molar-refractivity contribution in [3.05, 3.63) is 50.8 Å². The number of ketones is 1. The lowest BCUT2D eigenvalue weighted by atomic mass is 9.79. The van der Waals surface area contributed by atoms with Crippen LogP contribution >= 0.6 is 11.8 Å². The Hall–Kier alpha value is -2.28. The lowest BCUT2D eigenvalue weighted by molar-refractivity contribution is -0.116. The zero-order valence-corrected chi connectivity index (χ0v) is 17.2. The number of fused-ring (bicyclic) bond motifs is 1. The molecule has 0 radical (unpaired) electrons. The van der Waals surface area contributed by atoms with Crippen LogP contribution in [0.15, 0.2) is 37.8 Å². The third-order valence-corrected chi connectivity index (χ3v) is 6.12. The maximum atomic E-state index is 13.0. The van der Waals surface area contributed by atoms with Crippen molar-refractivity contribution in [2.45, 2.75) is 57.5 Å². The predicted octanol–water partition coefficient (Wildman–Crippen LogP) is 4.37. The highest BCUT2D eigenvalue weighted by molar-refractivity contribution is 7.99. The Morgan fingerprint density at radius 1 is 1.29 bits per heavy atom. The third kappa shape index (κ3) is 3.55. The molecule has 0 fully saturated rings. The lowest BCUT2D eigenvalue weighted by Gasteiger charge is -2.31. The summed E-state index contributed by atoms with van der Waals surface area (Å²) in [5.74, 6) is 2.99. The van der Waals surface area contributed by atoms with Gasteiger partial charge in [0.15, 0.2) is 10.9 Å². The number of aryl methyl sites for hydroxylation is 1. The zero-order valence-electron chi connectivity index (χ0n) is 16.4. The van der Waals surface area contributed by atoms with Crippen molar-refractivity contribution in [1.29, 1.82) is 0 Å². The highest BCUT2D eigenvalue weighted by atomic mass is 32.2. The fraction of sp³-hybridized carbons (Fsp3) is 0.476. The molecule has 6 nitrogen and oxygen atoms in total. The van der Waals surface area contributed by atoms with Crippen molar-refractivity contribution in [3.63, 3.8) is 0 Å². The smallest absolute Gasteiger partial charge is 0.257 e. The van der Waals surface area contributed by atoms with Gasteiger partial charge in [-0.15, -0.1) is 0 Å². The van der Waals surface area contributed by atoms with Crippen molar-refractivity contribution in [2.75, 3.05) is 11.1 Å². The predicted molar refractivity (Wildman–Crippen MR) is 110 cm³/mol. The van der Waals surface area contributed by atoms with Crippen molar-refractivity contribution in [1.82, 2.24) is 9.97 Å². The van der Waals surface area contributed by atoms with Crippen molar-refractivity contribution >= 4 is 23.4 Å². The van der Waals surface area contributed by atoms with E-state index in [0.717, 1.165) is 36.5 Å². The first-order chi connectivity index (χ1) is 13.4. The summed E-state index contributed by atoms with van der Waals surface area (Å²) in [7, 11) is 0. The van der Waals surface area contributed by atoms with Gasteiger partial charge in [-0.1, -0.05) is 25.6 Å². The average molecular weight is 400 g/mol. The Balaban J connectivity index is 1.78. The first-order valence-electron chi connectivity index (χ1n) is 9.80. The highest BCUT2D eigenvalue weighted by Gasteiger charge is 2.39. The summed E-state index contributed by atoms with van der Waals surface area (Å²) < 4.78 is 5.85. The van der Waals surface area contributed by atoms with Gasteiger partial charge >= 0.3 is 0 Å². The number of anilines is 1. The molecule has 3 heterocycles. The largest absolute Gasteiger partial charge is 0.465 e. The van der Waals surface area contributed by atoms with Gasteiger partial charge in [-0.2, -0.15) is 0 Å². The van der Waals surface area contributed by atoms with Gasteiger partial charge in [-0.05, 0) is 44.2 Å². The molecule has 0 unspecified atom stereocenters. The van der Waals surface area contributed by atoms with Crippen molar-refractivity contribution < 1.29 is 9.21 Å². The van der Waals surface area contributed by atoms with Crippen LogP contribution in [0.2, 0.25) is 0 Å². The van der Waals surface area contributed by atoms with E-state index in [9.17, 15) is 9.59 Å². The van der Waals surface area contributed by atoms with E-state index in [0.29, 0.717) is 40.2 Å². The molecule has 2 aliphatic rings. The number of rotatable bonds is 5. The minimum Gasteiger partial charge on any atom is -0.465 e. The van der Waals surface area contributed by atoms with Crippen LogP contribution in [0.3, 0.4) is 0 Å². The van der Waals surface area contributed by atoms with Gasteiger partial charge in [0.1, 0.15) is 17.3 Å². The number of H-pyrrole nitrogens is 1. The Kier molecular flexibility index (Phi) is 5.19. The minimum atomic E-state index is -0.501. The standard InChI is InChI=1S/C21H25N3O3S/c1-11(2)9-10-28-21-23-19-18(20(26)24-21)17(15-8-7-12(3)27-15)16-13(22-19)5-4-6-14(16)25/h7-8,11,17H,4-6,9-10H2,1-3H3,(H2,22,23,24,26)/t17-/m1/s1. The zero-order chi connectivity index (χ0) is 19.8. The van der Waals surface area contributed by atoms with E-state index >= 15 is 0 Å². The van der Waals surface area contributed by atoms with Crippen LogP contribution in [0.5, 0.6) is 0 Å². The van der Waals surface area contributed by atoms with Crippen LogP contribution < -0.4 is 10.9 Å². The summed E-state index contributed by atoms with van der Waals surface area (Å²) >= 11 is 1.55. The number of carbonyl (C=O) groups is 1. The molecule has 0 spiro atoms. The van der Waals surface area contributed by atoms with Gasteiger partial charge in [0.2, 0.25) is 0 Å². The van der Waals surface area contributed by atoms with E-state index in [1.54, 1.807) is 11.8 Å². The van der Waals surface area contributed by atoms with E-state index < -0.39 is 5.92 Å². The second kappa shape index (κ2) is 7.62. The van der Waals surface area contributed by atoms with Crippen molar-refractivity contribution in [3.8, 4) is 0 Å². The second-order valence-corrected chi connectivity index (χ2v) is 8.92. The quantitative estimate of drug-likeness (QED) is 0.573. The molecule has 0 aromatic carbocycles. The molecule has 2 aromatic heterocycles. The first kappa shape index (κ1) is 19.1. The average Bonchev–Trinajstić information content (AvgIpc) is 3.06. The molecule has 1 atom stereocenters. The first-order valence-corrected chi connectivity index (χ1v) is 10.8. The van der Waals surface area contributed by atoms with E-state index in [1.165, 1.54) is 0 Å². The third-order valence-electron chi connectivity index (χ3n) is 5.22. The molecular formula is C21H25N3O3S. The molecule has 0 saturated carbocycles. The van der Waals surface area contributed by atoms with Gasteiger partial charge in [0, 0.05) is 23.4 Å². The topological polar surface area (TPSA) is 88.0 Å². The molecule has 1 aliphatic heterocycles. The Morgan fingerprint density at radius 2 is 2.11 bits per heavy atom. The number of carbonyl (C=O) groups excluding carboxylic acids is 1. The summed E-state index contributed by atoms with van der Waals surface area (Å²) in [5.41, 5.74) is 1.78. The van der Waals surface area contributed by atoms with Crippen LogP contribution in [0.25, 0.3) is 0 Å². The Bertz CT molecular complexity index is 1000. The molecule has 0 bridgehead atoms.